The summed E-state index contributed by atoms with van der Waals surface area (Å²) in [5.41, 5.74) is 0.522. The summed E-state index contributed by atoms with van der Waals surface area (Å²) in [4.78, 5) is 13.9. The number of benzene rings is 2. The number of hydrogen-bond acceptors (Lipinski definition) is 2. The van der Waals surface area contributed by atoms with E-state index in [4.69, 9.17) is 4.74 Å². The van der Waals surface area contributed by atoms with Crippen molar-refractivity contribution < 1.29 is 13.9 Å². The van der Waals surface area contributed by atoms with Gasteiger partial charge in [-0.3, -0.25) is 4.79 Å². The van der Waals surface area contributed by atoms with E-state index in [1.54, 1.807) is 4.90 Å². The highest BCUT2D eigenvalue weighted by Crippen LogP contribution is 2.21. The lowest BCUT2D eigenvalue weighted by Crippen LogP contribution is -2.52. The van der Waals surface area contributed by atoms with E-state index < -0.39 is 0 Å². The Balaban J connectivity index is 1.46. The predicted octanol–water partition coefficient (Wildman–Crippen LogP) is 3.74. The molecule has 0 radical (unpaired) electrons. The van der Waals surface area contributed by atoms with Gasteiger partial charge >= 0.3 is 0 Å². The van der Waals surface area contributed by atoms with E-state index in [-0.39, 0.29) is 11.7 Å². The first kappa shape index (κ1) is 15.0. The molecule has 1 amide bonds. The largest absolute Gasteiger partial charge is 0.493 e. The highest BCUT2D eigenvalue weighted by atomic mass is 79.9. The van der Waals surface area contributed by atoms with Crippen LogP contribution in [0.15, 0.2) is 53.0 Å². The van der Waals surface area contributed by atoms with Crippen LogP contribution in [-0.4, -0.2) is 30.5 Å². The lowest BCUT2D eigenvalue weighted by molar-refractivity contribution is 0.0393. The number of nitrogens with zero attached hydrogens (tertiary/aromatic N) is 1. The molecule has 0 unspecified atom stereocenters. The molecule has 2 aromatic carbocycles. The first-order valence-corrected chi connectivity index (χ1v) is 7.84. The Morgan fingerprint density at radius 1 is 1.14 bits per heavy atom. The van der Waals surface area contributed by atoms with E-state index in [0.29, 0.717) is 31.2 Å². The molecule has 0 N–H and O–H groups in total. The van der Waals surface area contributed by atoms with E-state index in [0.717, 1.165) is 10.2 Å². The molecule has 0 aliphatic carbocycles. The van der Waals surface area contributed by atoms with E-state index in [2.05, 4.69) is 15.9 Å². The molecular formula is C17H15BrFNO2. The van der Waals surface area contributed by atoms with Crippen molar-refractivity contribution in [3.05, 3.63) is 64.4 Å². The first-order chi connectivity index (χ1) is 10.6. The van der Waals surface area contributed by atoms with Gasteiger partial charge < -0.3 is 9.64 Å². The molecule has 1 fully saturated rings. The maximum absolute atomic E-state index is 12.9. The van der Waals surface area contributed by atoms with E-state index in [9.17, 15) is 9.18 Å². The van der Waals surface area contributed by atoms with Gasteiger partial charge in [0.2, 0.25) is 0 Å². The number of amides is 1. The maximum atomic E-state index is 12.9. The molecule has 3 nitrogen and oxygen atoms in total. The fourth-order valence-corrected chi connectivity index (χ4v) is 2.63. The van der Waals surface area contributed by atoms with Gasteiger partial charge in [-0.05, 0) is 48.5 Å². The molecule has 22 heavy (non-hydrogen) atoms. The van der Waals surface area contributed by atoms with Crippen molar-refractivity contribution in [1.29, 1.82) is 0 Å². The van der Waals surface area contributed by atoms with Gasteiger partial charge in [0.15, 0.2) is 0 Å². The molecule has 0 saturated carbocycles. The van der Waals surface area contributed by atoms with Gasteiger partial charge in [0, 0.05) is 29.0 Å². The zero-order chi connectivity index (χ0) is 15.5. The lowest BCUT2D eigenvalue weighted by Gasteiger charge is -2.39. The SMILES string of the molecule is O=C(c1ccc(F)cc1)N1CC(COc2ccc(Br)cc2)C1. The summed E-state index contributed by atoms with van der Waals surface area (Å²) in [5.74, 6) is 0.778. The third-order valence-electron chi connectivity index (χ3n) is 3.63. The summed E-state index contributed by atoms with van der Waals surface area (Å²) < 4.78 is 19.6. The van der Waals surface area contributed by atoms with E-state index in [1.165, 1.54) is 24.3 Å². The third kappa shape index (κ3) is 3.47. The Morgan fingerprint density at radius 2 is 1.77 bits per heavy atom. The van der Waals surface area contributed by atoms with Crippen molar-refractivity contribution in [2.45, 2.75) is 0 Å². The van der Waals surface area contributed by atoms with Crippen molar-refractivity contribution in [1.82, 2.24) is 4.90 Å². The molecule has 1 saturated heterocycles. The van der Waals surface area contributed by atoms with Crippen LogP contribution < -0.4 is 4.74 Å². The minimum absolute atomic E-state index is 0.0557. The molecule has 0 atom stereocenters. The van der Waals surface area contributed by atoms with Crippen LogP contribution in [0.2, 0.25) is 0 Å². The number of carbonyl (C=O) groups is 1. The van der Waals surface area contributed by atoms with Gasteiger partial charge in [0.25, 0.3) is 5.91 Å². The second-order valence-electron chi connectivity index (χ2n) is 5.35. The molecule has 0 bridgehead atoms. The van der Waals surface area contributed by atoms with Crippen LogP contribution in [0.1, 0.15) is 10.4 Å². The van der Waals surface area contributed by atoms with Gasteiger partial charge in [-0.2, -0.15) is 0 Å². The van der Waals surface area contributed by atoms with E-state index >= 15 is 0 Å². The van der Waals surface area contributed by atoms with Crippen LogP contribution in [0.5, 0.6) is 5.75 Å². The molecular weight excluding hydrogens is 349 g/mol. The number of halogens is 2. The van der Waals surface area contributed by atoms with Crippen molar-refractivity contribution >= 4 is 21.8 Å². The molecule has 2 aromatic rings. The van der Waals surface area contributed by atoms with Gasteiger partial charge in [-0.1, -0.05) is 15.9 Å². The van der Waals surface area contributed by atoms with Crippen molar-refractivity contribution in [3.63, 3.8) is 0 Å². The van der Waals surface area contributed by atoms with Crippen molar-refractivity contribution in [3.8, 4) is 5.75 Å². The van der Waals surface area contributed by atoms with Gasteiger partial charge in [-0.25, -0.2) is 4.39 Å². The molecule has 0 aromatic heterocycles. The standard InChI is InChI=1S/C17H15BrFNO2/c18-14-3-7-16(8-4-14)22-11-12-9-20(10-12)17(21)13-1-5-15(19)6-2-13/h1-8,12H,9-11H2. The smallest absolute Gasteiger partial charge is 0.253 e. The second kappa shape index (κ2) is 6.48. The van der Waals surface area contributed by atoms with Crippen LogP contribution in [0, 0.1) is 11.7 Å². The summed E-state index contributed by atoms with van der Waals surface area (Å²) in [6.07, 6.45) is 0. The Kier molecular flexibility index (Phi) is 4.43. The van der Waals surface area contributed by atoms with E-state index in [1.807, 2.05) is 24.3 Å². The average molecular weight is 364 g/mol. The summed E-state index contributed by atoms with van der Waals surface area (Å²) in [7, 11) is 0. The van der Waals surface area contributed by atoms with Crippen LogP contribution in [0.4, 0.5) is 4.39 Å². The van der Waals surface area contributed by atoms with Gasteiger partial charge in [-0.15, -0.1) is 0 Å². The predicted molar refractivity (Wildman–Crippen MR) is 85.4 cm³/mol. The number of likely N-dealkylation sites (tertiary alicyclic amines) is 1. The number of rotatable bonds is 4. The zero-order valence-corrected chi connectivity index (χ0v) is 13.4. The van der Waals surface area contributed by atoms with Crippen LogP contribution in [0.25, 0.3) is 0 Å². The van der Waals surface area contributed by atoms with Crippen LogP contribution in [-0.2, 0) is 0 Å². The average Bonchev–Trinajstić information content (AvgIpc) is 2.48. The first-order valence-electron chi connectivity index (χ1n) is 7.05. The van der Waals surface area contributed by atoms with Crippen molar-refractivity contribution in [2.75, 3.05) is 19.7 Å². The molecule has 3 rings (SSSR count). The molecule has 1 aliphatic heterocycles. The topological polar surface area (TPSA) is 29.5 Å². The van der Waals surface area contributed by atoms with Crippen LogP contribution >= 0.6 is 15.9 Å². The lowest BCUT2D eigenvalue weighted by atomic mass is 10.00. The van der Waals surface area contributed by atoms with Crippen LogP contribution in [0.3, 0.4) is 0 Å². The highest BCUT2D eigenvalue weighted by molar-refractivity contribution is 9.10. The molecule has 5 heteroatoms. The van der Waals surface area contributed by atoms with Gasteiger partial charge in [0.05, 0.1) is 6.61 Å². The minimum Gasteiger partial charge on any atom is -0.493 e. The minimum atomic E-state index is -0.332. The number of ether oxygens (including phenoxy) is 1. The summed E-state index contributed by atoms with van der Waals surface area (Å²) in [6.45, 7) is 1.94. The monoisotopic (exact) mass is 363 g/mol. The summed E-state index contributed by atoms with van der Waals surface area (Å²) in [5, 5.41) is 0. The van der Waals surface area contributed by atoms with Gasteiger partial charge in [0.1, 0.15) is 11.6 Å². The Labute approximate surface area is 136 Å². The molecule has 114 valence electrons. The maximum Gasteiger partial charge on any atom is 0.253 e. The summed E-state index contributed by atoms with van der Waals surface area (Å²) >= 11 is 3.38. The fourth-order valence-electron chi connectivity index (χ4n) is 2.36. The second-order valence-corrected chi connectivity index (χ2v) is 6.26. The third-order valence-corrected chi connectivity index (χ3v) is 4.16. The summed E-state index contributed by atoms with van der Waals surface area (Å²) in [6, 6.07) is 13.3. The number of hydrogen-bond donors (Lipinski definition) is 0. The Hall–Kier alpha value is -1.88. The number of carbonyl (C=O) groups excluding carboxylic acids is 1. The Morgan fingerprint density at radius 3 is 2.41 bits per heavy atom. The van der Waals surface area contributed by atoms with Crippen molar-refractivity contribution in [2.24, 2.45) is 5.92 Å². The molecule has 1 aliphatic rings. The molecule has 1 heterocycles. The fraction of sp³-hybridized carbons (Fsp3) is 0.235. The quantitative estimate of drug-likeness (QED) is 0.827. The highest BCUT2D eigenvalue weighted by Gasteiger charge is 2.31. The zero-order valence-electron chi connectivity index (χ0n) is 11.8. The molecule has 0 spiro atoms. The Bertz CT molecular complexity index is 651. The normalized spacial score (nSPS) is 14.5.